The number of amides is 1. The van der Waals surface area contributed by atoms with Crippen LogP contribution >= 0.6 is 11.3 Å². The predicted molar refractivity (Wildman–Crippen MR) is 129 cm³/mol. The van der Waals surface area contributed by atoms with E-state index in [0.29, 0.717) is 17.0 Å². The van der Waals surface area contributed by atoms with Gasteiger partial charge in [0.25, 0.3) is 0 Å². The van der Waals surface area contributed by atoms with Gasteiger partial charge in [-0.15, -0.1) is 11.3 Å². The Morgan fingerprint density at radius 1 is 1.06 bits per heavy atom. The van der Waals surface area contributed by atoms with Crippen LogP contribution in [0.25, 0.3) is 11.1 Å². The maximum Gasteiger partial charge on any atom is 0.341 e. The number of carbonyl (C=O) groups is 2. The number of ether oxygens (including phenoxy) is 1. The van der Waals surface area contributed by atoms with Crippen molar-refractivity contribution in [1.29, 1.82) is 0 Å². The number of anilines is 1. The molecule has 2 aromatic rings. The summed E-state index contributed by atoms with van der Waals surface area (Å²) in [5.74, 6) is 2.12. The van der Waals surface area contributed by atoms with Crippen LogP contribution in [0.3, 0.4) is 0 Å². The van der Waals surface area contributed by atoms with Crippen LogP contribution in [0.5, 0.6) is 0 Å². The molecule has 1 aromatic carbocycles. The highest BCUT2D eigenvalue weighted by molar-refractivity contribution is 7.17. The highest BCUT2D eigenvalue weighted by Gasteiger charge is 2.51. The maximum absolute atomic E-state index is 13.2. The van der Waals surface area contributed by atoms with Crippen LogP contribution in [0, 0.1) is 30.1 Å². The van der Waals surface area contributed by atoms with Gasteiger partial charge < -0.3 is 10.1 Å². The molecule has 4 fully saturated rings. The molecule has 4 nitrogen and oxygen atoms in total. The first-order chi connectivity index (χ1) is 15.4. The van der Waals surface area contributed by atoms with Crippen molar-refractivity contribution in [3.8, 4) is 11.1 Å². The number of hydrogen-bond acceptors (Lipinski definition) is 4. The van der Waals surface area contributed by atoms with E-state index in [1.165, 1.54) is 62.5 Å². The number of aryl methyl sites for hydroxylation is 2. The van der Waals surface area contributed by atoms with Crippen LogP contribution < -0.4 is 5.32 Å². The maximum atomic E-state index is 13.2. The molecule has 0 spiro atoms. The fourth-order valence-electron chi connectivity index (χ4n) is 7.20. The summed E-state index contributed by atoms with van der Waals surface area (Å²) < 4.78 is 5.13. The molecule has 5 heteroatoms. The van der Waals surface area contributed by atoms with Crippen LogP contribution in [0.4, 0.5) is 5.00 Å². The van der Waals surface area contributed by atoms with E-state index in [4.69, 9.17) is 4.74 Å². The highest BCUT2D eigenvalue weighted by Crippen LogP contribution is 2.61. The molecule has 170 valence electrons. The van der Waals surface area contributed by atoms with Crippen molar-refractivity contribution < 1.29 is 14.3 Å². The quantitative estimate of drug-likeness (QED) is 0.502. The summed E-state index contributed by atoms with van der Waals surface area (Å²) in [7, 11) is 1.40. The summed E-state index contributed by atoms with van der Waals surface area (Å²) >= 11 is 1.48. The Balaban J connectivity index is 1.41. The molecule has 0 unspecified atom stereocenters. The van der Waals surface area contributed by atoms with Crippen molar-refractivity contribution in [3.63, 3.8) is 0 Å². The fourth-order valence-corrected chi connectivity index (χ4v) is 8.28. The van der Waals surface area contributed by atoms with E-state index in [1.54, 1.807) is 0 Å². The van der Waals surface area contributed by atoms with E-state index in [0.717, 1.165) is 40.2 Å². The Morgan fingerprint density at radius 3 is 2.19 bits per heavy atom. The molecule has 4 saturated carbocycles. The molecule has 4 bridgehead atoms. The van der Waals surface area contributed by atoms with Gasteiger partial charge in [-0.1, -0.05) is 31.2 Å². The van der Waals surface area contributed by atoms with Crippen LogP contribution in [0.15, 0.2) is 24.3 Å². The van der Waals surface area contributed by atoms with E-state index < -0.39 is 5.97 Å². The molecular weight excluding hydrogens is 418 g/mol. The summed E-state index contributed by atoms with van der Waals surface area (Å²) in [4.78, 5) is 27.0. The summed E-state index contributed by atoms with van der Waals surface area (Å²) in [6.45, 7) is 4.14. The molecule has 32 heavy (non-hydrogen) atoms. The lowest BCUT2D eigenvalue weighted by molar-refractivity contribution is -0.124. The van der Waals surface area contributed by atoms with Crippen LogP contribution in [0.1, 0.15) is 72.7 Å². The Bertz CT molecular complexity index is 1000. The zero-order valence-electron chi connectivity index (χ0n) is 19.3. The third kappa shape index (κ3) is 3.89. The van der Waals surface area contributed by atoms with E-state index in [-0.39, 0.29) is 11.3 Å². The minimum Gasteiger partial charge on any atom is -0.465 e. The fraction of sp³-hybridized carbons (Fsp3) is 0.556. The zero-order valence-corrected chi connectivity index (χ0v) is 20.1. The molecule has 1 aromatic heterocycles. The van der Waals surface area contributed by atoms with Crippen molar-refractivity contribution in [3.05, 3.63) is 40.3 Å². The number of thiophene rings is 1. The van der Waals surface area contributed by atoms with Crippen molar-refractivity contribution in [2.75, 3.05) is 12.4 Å². The molecule has 1 heterocycles. The lowest BCUT2D eigenvalue weighted by Gasteiger charge is -2.56. The first kappa shape index (κ1) is 21.7. The Labute approximate surface area is 194 Å². The second-order valence-corrected chi connectivity index (χ2v) is 11.6. The van der Waals surface area contributed by atoms with Gasteiger partial charge in [-0.05, 0) is 86.2 Å². The molecule has 0 saturated heterocycles. The van der Waals surface area contributed by atoms with Crippen molar-refractivity contribution in [2.45, 2.75) is 65.2 Å². The second kappa shape index (κ2) is 8.33. The number of benzene rings is 1. The summed E-state index contributed by atoms with van der Waals surface area (Å²) in [5, 5.41) is 3.76. The average Bonchev–Trinajstić information content (AvgIpc) is 3.07. The van der Waals surface area contributed by atoms with Gasteiger partial charge in [0.2, 0.25) is 5.91 Å². The summed E-state index contributed by atoms with van der Waals surface area (Å²) in [6.07, 6.45) is 9.28. The SMILES string of the molecule is CCc1ccc(-c2c(C)sc(NC(=O)CC34CC5CC(CC(C5)C3)C4)c2C(=O)OC)cc1. The second-order valence-electron chi connectivity index (χ2n) is 10.4. The van der Waals surface area contributed by atoms with Gasteiger partial charge in [0.15, 0.2) is 0 Å². The highest BCUT2D eigenvalue weighted by atomic mass is 32.1. The molecule has 4 aliphatic rings. The molecule has 4 aliphatic carbocycles. The molecular formula is C27H33NO3S. The van der Waals surface area contributed by atoms with Crippen LogP contribution in [0.2, 0.25) is 0 Å². The third-order valence-corrected chi connectivity index (χ3v) is 9.10. The van der Waals surface area contributed by atoms with E-state index in [2.05, 4.69) is 36.5 Å². The van der Waals surface area contributed by atoms with Gasteiger partial charge in [-0.25, -0.2) is 4.79 Å². The molecule has 6 rings (SSSR count). The van der Waals surface area contributed by atoms with Crippen LogP contribution in [-0.4, -0.2) is 19.0 Å². The lowest BCUT2D eigenvalue weighted by Crippen LogP contribution is -2.47. The number of esters is 1. The molecule has 1 amide bonds. The van der Waals surface area contributed by atoms with Gasteiger partial charge in [0.1, 0.15) is 10.6 Å². The first-order valence-electron chi connectivity index (χ1n) is 12.0. The van der Waals surface area contributed by atoms with Gasteiger partial charge >= 0.3 is 5.97 Å². The summed E-state index contributed by atoms with van der Waals surface area (Å²) in [5.41, 5.74) is 3.77. The Hall–Kier alpha value is -2.14. The zero-order chi connectivity index (χ0) is 22.5. The van der Waals surface area contributed by atoms with Gasteiger partial charge in [-0.2, -0.15) is 0 Å². The minimum atomic E-state index is -0.394. The Morgan fingerprint density at radius 2 is 1.66 bits per heavy atom. The van der Waals surface area contributed by atoms with Crippen molar-refractivity contribution >= 4 is 28.2 Å². The molecule has 0 aliphatic heterocycles. The largest absolute Gasteiger partial charge is 0.465 e. The summed E-state index contributed by atoms with van der Waals surface area (Å²) in [6, 6.07) is 8.31. The number of nitrogens with one attached hydrogen (secondary N) is 1. The Kier molecular flexibility index (Phi) is 5.65. The standard InChI is InChI=1S/C27H33NO3S/c1-4-17-5-7-21(8-6-17)23-16(2)32-25(24(23)26(30)31-3)28-22(29)15-27-12-18-9-19(13-27)11-20(10-18)14-27/h5-8,18-20H,4,9-15H2,1-3H3,(H,28,29). The van der Waals surface area contributed by atoms with Crippen molar-refractivity contribution in [2.24, 2.45) is 23.2 Å². The monoisotopic (exact) mass is 451 g/mol. The van der Waals surface area contributed by atoms with Gasteiger partial charge in [-0.3, -0.25) is 4.79 Å². The first-order valence-corrected chi connectivity index (χ1v) is 12.8. The number of methoxy groups -OCH3 is 1. The lowest BCUT2D eigenvalue weighted by atomic mass is 9.49. The molecule has 0 radical (unpaired) electrons. The van der Waals surface area contributed by atoms with E-state index in [1.807, 2.05) is 6.92 Å². The molecule has 0 atom stereocenters. The van der Waals surface area contributed by atoms with Crippen LogP contribution in [-0.2, 0) is 16.0 Å². The topological polar surface area (TPSA) is 55.4 Å². The van der Waals surface area contributed by atoms with E-state index in [9.17, 15) is 9.59 Å². The third-order valence-electron chi connectivity index (χ3n) is 8.08. The number of hydrogen-bond donors (Lipinski definition) is 1. The van der Waals surface area contributed by atoms with Gasteiger partial charge in [0, 0.05) is 16.9 Å². The average molecular weight is 452 g/mol. The number of rotatable bonds is 6. The predicted octanol–water partition coefficient (Wildman–Crippen LogP) is 6.62. The minimum absolute atomic E-state index is 0.0474. The van der Waals surface area contributed by atoms with Crippen molar-refractivity contribution in [1.82, 2.24) is 0 Å². The molecule has 1 N–H and O–H groups in total. The van der Waals surface area contributed by atoms with Gasteiger partial charge in [0.05, 0.1) is 7.11 Å². The normalized spacial score (nSPS) is 28.0. The smallest absolute Gasteiger partial charge is 0.341 e. The number of carbonyl (C=O) groups excluding carboxylic acids is 2. The van der Waals surface area contributed by atoms with E-state index >= 15 is 0 Å².